The van der Waals surface area contributed by atoms with Gasteiger partial charge in [-0.1, -0.05) is 12.1 Å². The zero-order chi connectivity index (χ0) is 12.1. The molecular weight excluding hydrogens is 214 g/mol. The fourth-order valence-corrected chi connectivity index (χ4v) is 1.61. The minimum Gasteiger partial charge on any atom is -0.370 e. The number of anilines is 1. The molecule has 0 atom stereocenters. The van der Waals surface area contributed by atoms with E-state index in [1.807, 2.05) is 31.2 Å². The Kier molecular flexibility index (Phi) is 3.55. The Balaban J connectivity index is 2.21. The lowest BCUT2D eigenvalue weighted by atomic mass is 10.3. The zero-order valence-corrected chi connectivity index (χ0v) is 9.76. The third kappa shape index (κ3) is 2.93. The van der Waals surface area contributed by atoms with Crippen LogP contribution >= 0.6 is 0 Å². The molecule has 17 heavy (non-hydrogen) atoms. The van der Waals surface area contributed by atoms with Gasteiger partial charge in [-0.3, -0.25) is 4.79 Å². The van der Waals surface area contributed by atoms with Gasteiger partial charge in [0.15, 0.2) is 0 Å². The van der Waals surface area contributed by atoms with Crippen LogP contribution in [0.5, 0.6) is 0 Å². The standard InChI is InChI=1S/C13H15N3O/c1-2-14-12-7-5-6-11(15-12)10-16-9-4-3-8-13(16)17/h3-9H,2,10H2,1H3,(H,14,15). The van der Waals surface area contributed by atoms with Crippen LogP contribution in [0.15, 0.2) is 47.4 Å². The fourth-order valence-electron chi connectivity index (χ4n) is 1.61. The third-order valence-electron chi connectivity index (χ3n) is 2.40. The van der Waals surface area contributed by atoms with Gasteiger partial charge in [-0.2, -0.15) is 0 Å². The summed E-state index contributed by atoms with van der Waals surface area (Å²) in [5, 5.41) is 3.15. The molecule has 0 radical (unpaired) electrons. The number of hydrogen-bond acceptors (Lipinski definition) is 3. The minimum atomic E-state index is -0.0110. The molecule has 0 amide bonds. The smallest absolute Gasteiger partial charge is 0.250 e. The van der Waals surface area contributed by atoms with Crippen molar-refractivity contribution in [1.29, 1.82) is 0 Å². The Hall–Kier alpha value is -2.10. The molecule has 0 aliphatic carbocycles. The first-order chi connectivity index (χ1) is 8.29. The second-order valence-corrected chi connectivity index (χ2v) is 3.71. The summed E-state index contributed by atoms with van der Waals surface area (Å²) in [7, 11) is 0. The molecule has 2 heterocycles. The van der Waals surface area contributed by atoms with E-state index in [1.165, 1.54) is 0 Å². The van der Waals surface area contributed by atoms with Crippen LogP contribution in [0.3, 0.4) is 0 Å². The molecule has 1 N–H and O–H groups in total. The molecule has 0 spiro atoms. The van der Waals surface area contributed by atoms with E-state index < -0.39 is 0 Å². The van der Waals surface area contributed by atoms with Crippen molar-refractivity contribution < 1.29 is 0 Å². The number of nitrogens with zero attached hydrogens (tertiary/aromatic N) is 2. The van der Waals surface area contributed by atoms with E-state index in [0.29, 0.717) is 6.54 Å². The van der Waals surface area contributed by atoms with E-state index in [2.05, 4.69) is 10.3 Å². The second-order valence-electron chi connectivity index (χ2n) is 3.71. The van der Waals surface area contributed by atoms with Gasteiger partial charge in [-0.25, -0.2) is 4.98 Å². The summed E-state index contributed by atoms with van der Waals surface area (Å²) in [6, 6.07) is 10.9. The lowest BCUT2D eigenvalue weighted by Gasteiger charge is -2.07. The molecule has 0 aromatic carbocycles. The number of aromatic nitrogens is 2. The predicted molar refractivity (Wildman–Crippen MR) is 68.2 cm³/mol. The fraction of sp³-hybridized carbons (Fsp3) is 0.231. The highest BCUT2D eigenvalue weighted by Gasteiger charge is 1.99. The maximum atomic E-state index is 11.6. The molecule has 0 saturated heterocycles. The summed E-state index contributed by atoms with van der Waals surface area (Å²) in [6.45, 7) is 3.36. The normalized spacial score (nSPS) is 10.2. The number of rotatable bonds is 4. The summed E-state index contributed by atoms with van der Waals surface area (Å²) in [5.41, 5.74) is 0.861. The zero-order valence-electron chi connectivity index (χ0n) is 9.76. The van der Waals surface area contributed by atoms with Crippen molar-refractivity contribution in [3.63, 3.8) is 0 Å². The Morgan fingerprint density at radius 1 is 1.24 bits per heavy atom. The van der Waals surface area contributed by atoms with Crippen LogP contribution in [-0.4, -0.2) is 16.1 Å². The quantitative estimate of drug-likeness (QED) is 0.868. The summed E-state index contributed by atoms with van der Waals surface area (Å²) >= 11 is 0. The lowest BCUT2D eigenvalue weighted by molar-refractivity contribution is 0.740. The van der Waals surface area contributed by atoms with E-state index in [9.17, 15) is 4.79 Å². The highest BCUT2D eigenvalue weighted by atomic mass is 16.1. The van der Waals surface area contributed by atoms with Crippen molar-refractivity contribution in [3.8, 4) is 0 Å². The maximum absolute atomic E-state index is 11.6. The molecule has 0 aliphatic rings. The van der Waals surface area contributed by atoms with Crippen molar-refractivity contribution in [2.75, 3.05) is 11.9 Å². The highest BCUT2D eigenvalue weighted by Crippen LogP contribution is 2.05. The summed E-state index contributed by atoms with van der Waals surface area (Å²) in [5.74, 6) is 0.842. The second kappa shape index (κ2) is 5.30. The van der Waals surface area contributed by atoms with E-state index in [1.54, 1.807) is 22.9 Å². The van der Waals surface area contributed by atoms with E-state index in [0.717, 1.165) is 18.1 Å². The Morgan fingerprint density at radius 2 is 2.12 bits per heavy atom. The molecule has 4 nitrogen and oxygen atoms in total. The van der Waals surface area contributed by atoms with Crippen molar-refractivity contribution in [2.45, 2.75) is 13.5 Å². The average molecular weight is 229 g/mol. The molecule has 88 valence electrons. The van der Waals surface area contributed by atoms with Crippen molar-refractivity contribution in [1.82, 2.24) is 9.55 Å². The molecule has 4 heteroatoms. The largest absolute Gasteiger partial charge is 0.370 e. The number of hydrogen-bond donors (Lipinski definition) is 1. The molecule has 0 unspecified atom stereocenters. The van der Waals surface area contributed by atoms with Gasteiger partial charge < -0.3 is 9.88 Å². The first-order valence-corrected chi connectivity index (χ1v) is 5.65. The van der Waals surface area contributed by atoms with Gasteiger partial charge in [0.05, 0.1) is 12.2 Å². The van der Waals surface area contributed by atoms with Crippen LogP contribution in [0.4, 0.5) is 5.82 Å². The SMILES string of the molecule is CCNc1cccc(Cn2ccccc2=O)n1. The van der Waals surface area contributed by atoms with Gasteiger partial charge in [-0.05, 0) is 25.1 Å². The van der Waals surface area contributed by atoms with Crippen LogP contribution < -0.4 is 10.9 Å². The molecular formula is C13H15N3O. The predicted octanol–water partition coefficient (Wildman–Crippen LogP) is 1.72. The van der Waals surface area contributed by atoms with Gasteiger partial charge in [0.1, 0.15) is 5.82 Å². The molecule has 0 fully saturated rings. The molecule has 0 saturated carbocycles. The number of pyridine rings is 2. The van der Waals surface area contributed by atoms with Gasteiger partial charge in [-0.15, -0.1) is 0 Å². The Labute approximate surface area is 99.9 Å². The lowest BCUT2D eigenvalue weighted by Crippen LogP contribution is -2.19. The van der Waals surface area contributed by atoms with Gasteiger partial charge >= 0.3 is 0 Å². The highest BCUT2D eigenvalue weighted by molar-refractivity contribution is 5.35. The van der Waals surface area contributed by atoms with Gasteiger partial charge in [0, 0.05) is 18.8 Å². The topological polar surface area (TPSA) is 46.9 Å². The molecule has 2 rings (SSSR count). The van der Waals surface area contributed by atoms with E-state index >= 15 is 0 Å². The van der Waals surface area contributed by atoms with Crippen molar-refractivity contribution >= 4 is 5.82 Å². The summed E-state index contributed by atoms with van der Waals surface area (Å²) in [4.78, 5) is 16.0. The summed E-state index contributed by atoms with van der Waals surface area (Å²) in [6.07, 6.45) is 1.77. The van der Waals surface area contributed by atoms with E-state index in [4.69, 9.17) is 0 Å². The van der Waals surface area contributed by atoms with Crippen LogP contribution in [0.2, 0.25) is 0 Å². The van der Waals surface area contributed by atoms with Gasteiger partial charge in [0.2, 0.25) is 0 Å². The first-order valence-electron chi connectivity index (χ1n) is 5.65. The van der Waals surface area contributed by atoms with E-state index in [-0.39, 0.29) is 5.56 Å². The third-order valence-corrected chi connectivity index (χ3v) is 2.40. The van der Waals surface area contributed by atoms with Crippen LogP contribution in [0, 0.1) is 0 Å². The van der Waals surface area contributed by atoms with Crippen LogP contribution in [-0.2, 0) is 6.54 Å². The van der Waals surface area contributed by atoms with Crippen LogP contribution in [0.25, 0.3) is 0 Å². The summed E-state index contributed by atoms with van der Waals surface area (Å²) < 4.78 is 1.64. The van der Waals surface area contributed by atoms with Crippen molar-refractivity contribution in [2.24, 2.45) is 0 Å². The first kappa shape index (κ1) is 11.4. The minimum absolute atomic E-state index is 0.0110. The van der Waals surface area contributed by atoms with Crippen molar-refractivity contribution in [3.05, 3.63) is 58.6 Å². The Morgan fingerprint density at radius 3 is 2.88 bits per heavy atom. The molecule has 0 aliphatic heterocycles. The number of nitrogens with one attached hydrogen (secondary N) is 1. The Bertz CT molecular complexity index is 548. The molecule has 2 aromatic heterocycles. The maximum Gasteiger partial charge on any atom is 0.250 e. The average Bonchev–Trinajstić information content (AvgIpc) is 2.33. The van der Waals surface area contributed by atoms with Crippen LogP contribution in [0.1, 0.15) is 12.6 Å². The van der Waals surface area contributed by atoms with Gasteiger partial charge in [0.25, 0.3) is 5.56 Å². The molecule has 0 bridgehead atoms. The molecule has 2 aromatic rings. The monoisotopic (exact) mass is 229 g/mol.